The van der Waals surface area contributed by atoms with Crippen molar-refractivity contribution in [3.63, 3.8) is 0 Å². The summed E-state index contributed by atoms with van der Waals surface area (Å²) in [6.45, 7) is 2.12. The number of para-hydroxylation sites is 1. The highest BCUT2D eigenvalue weighted by atomic mass is 35.5. The molecule has 0 aliphatic rings. The van der Waals surface area contributed by atoms with Crippen molar-refractivity contribution in [2.24, 2.45) is 4.99 Å². The van der Waals surface area contributed by atoms with Gasteiger partial charge in [-0.05, 0) is 54.4 Å². The number of aliphatic imine (C=N–C) groups is 1. The number of hydrogen-bond acceptors (Lipinski definition) is 3. The van der Waals surface area contributed by atoms with Gasteiger partial charge >= 0.3 is 0 Å². The first kappa shape index (κ1) is 17.2. The molecule has 0 aliphatic carbocycles. The lowest BCUT2D eigenvalue weighted by molar-refractivity contribution is 1.00. The lowest BCUT2D eigenvalue weighted by atomic mass is 10.1. The number of nitrogens with one attached hydrogen (secondary N) is 1. The van der Waals surface area contributed by atoms with Crippen LogP contribution in [-0.2, 0) is 12.8 Å². The average molecular weight is 350 g/mol. The SMILES string of the molecule is CCc1nc(Nc2ccc(Cl)cc2)ccc1CC=Nc1ccccc1. The monoisotopic (exact) mass is 349 g/mol. The van der Waals surface area contributed by atoms with Crippen LogP contribution < -0.4 is 5.32 Å². The predicted molar refractivity (Wildman–Crippen MR) is 107 cm³/mol. The Kier molecular flexibility index (Phi) is 5.81. The highest BCUT2D eigenvalue weighted by molar-refractivity contribution is 6.30. The molecular weight excluding hydrogens is 330 g/mol. The highest BCUT2D eigenvalue weighted by Gasteiger charge is 2.04. The Morgan fingerprint density at radius 2 is 1.76 bits per heavy atom. The largest absolute Gasteiger partial charge is 0.340 e. The number of aryl methyl sites for hydroxylation is 1. The van der Waals surface area contributed by atoms with Gasteiger partial charge in [0.1, 0.15) is 5.82 Å². The molecule has 0 saturated carbocycles. The molecule has 4 heteroatoms. The molecule has 1 heterocycles. The molecule has 3 rings (SSSR count). The zero-order valence-corrected chi connectivity index (χ0v) is 14.9. The van der Waals surface area contributed by atoms with Crippen molar-refractivity contribution in [3.8, 4) is 0 Å². The van der Waals surface area contributed by atoms with Gasteiger partial charge in [0, 0.05) is 29.0 Å². The highest BCUT2D eigenvalue weighted by Crippen LogP contribution is 2.20. The third-order valence-corrected chi connectivity index (χ3v) is 4.08. The van der Waals surface area contributed by atoms with E-state index in [-0.39, 0.29) is 0 Å². The van der Waals surface area contributed by atoms with Gasteiger partial charge in [0.05, 0.1) is 5.69 Å². The van der Waals surface area contributed by atoms with Crippen molar-refractivity contribution in [3.05, 3.63) is 83.0 Å². The number of pyridine rings is 1. The van der Waals surface area contributed by atoms with Crippen molar-refractivity contribution in [1.82, 2.24) is 4.98 Å². The normalized spacial score (nSPS) is 11.0. The van der Waals surface area contributed by atoms with Crippen LogP contribution in [0.3, 0.4) is 0 Å². The van der Waals surface area contributed by atoms with E-state index < -0.39 is 0 Å². The van der Waals surface area contributed by atoms with E-state index in [1.165, 1.54) is 5.56 Å². The lowest BCUT2D eigenvalue weighted by Gasteiger charge is -2.10. The van der Waals surface area contributed by atoms with Crippen LogP contribution in [0.2, 0.25) is 5.02 Å². The molecule has 1 aromatic heterocycles. The number of halogens is 1. The van der Waals surface area contributed by atoms with Gasteiger partial charge in [-0.25, -0.2) is 4.98 Å². The second-order valence-corrected chi connectivity index (χ2v) is 6.08. The second kappa shape index (κ2) is 8.45. The number of hydrogen-bond donors (Lipinski definition) is 1. The van der Waals surface area contributed by atoms with E-state index in [4.69, 9.17) is 16.6 Å². The molecule has 1 N–H and O–H groups in total. The summed E-state index contributed by atoms with van der Waals surface area (Å²) >= 11 is 5.92. The maximum absolute atomic E-state index is 5.92. The summed E-state index contributed by atoms with van der Waals surface area (Å²) in [4.78, 5) is 9.22. The third-order valence-electron chi connectivity index (χ3n) is 3.83. The molecule has 3 nitrogen and oxygen atoms in total. The summed E-state index contributed by atoms with van der Waals surface area (Å²) in [6.07, 6.45) is 3.59. The quantitative estimate of drug-likeness (QED) is 0.555. The number of rotatable bonds is 6. The predicted octanol–water partition coefficient (Wildman–Crippen LogP) is 5.99. The molecule has 3 aromatic rings. The molecule has 0 spiro atoms. The van der Waals surface area contributed by atoms with Gasteiger partial charge in [-0.15, -0.1) is 0 Å². The molecule has 0 radical (unpaired) electrons. The Balaban J connectivity index is 1.71. The lowest BCUT2D eigenvalue weighted by Crippen LogP contribution is -2.01. The first-order valence-electron chi connectivity index (χ1n) is 8.33. The molecule has 0 unspecified atom stereocenters. The Bertz CT molecular complexity index is 843. The molecule has 25 heavy (non-hydrogen) atoms. The minimum atomic E-state index is 0.723. The molecule has 126 valence electrons. The molecule has 0 bridgehead atoms. The van der Waals surface area contributed by atoms with E-state index in [0.29, 0.717) is 0 Å². The summed E-state index contributed by atoms with van der Waals surface area (Å²) in [5, 5.41) is 4.03. The molecule has 0 fully saturated rings. The fraction of sp³-hybridized carbons (Fsp3) is 0.143. The minimum absolute atomic E-state index is 0.723. The molecule has 0 atom stereocenters. The number of benzene rings is 2. The molecule has 0 amide bonds. The Morgan fingerprint density at radius 3 is 2.48 bits per heavy atom. The van der Waals surface area contributed by atoms with E-state index in [2.05, 4.69) is 23.3 Å². The van der Waals surface area contributed by atoms with E-state index in [1.807, 2.05) is 66.9 Å². The van der Waals surface area contributed by atoms with Crippen LogP contribution in [0.25, 0.3) is 0 Å². The van der Waals surface area contributed by atoms with E-state index in [9.17, 15) is 0 Å². The average Bonchev–Trinajstić information content (AvgIpc) is 2.65. The first-order chi connectivity index (χ1) is 12.2. The molecule has 0 aliphatic heterocycles. The van der Waals surface area contributed by atoms with Crippen LogP contribution in [0.5, 0.6) is 0 Å². The maximum Gasteiger partial charge on any atom is 0.130 e. The van der Waals surface area contributed by atoms with Crippen LogP contribution >= 0.6 is 11.6 Å². The van der Waals surface area contributed by atoms with Crippen LogP contribution in [-0.4, -0.2) is 11.2 Å². The number of aromatic nitrogens is 1. The number of anilines is 2. The Morgan fingerprint density at radius 1 is 1.00 bits per heavy atom. The second-order valence-electron chi connectivity index (χ2n) is 5.64. The van der Waals surface area contributed by atoms with Crippen molar-refractivity contribution in [1.29, 1.82) is 0 Å². The van der Waals surface area contributed by atoms with Gasteiger partial charge in [0.25, 0.3) is 0 Å². The van der Waals surface area contributed by atoms with E-state index >= 15 is 0 Å². The van der Waals surface area contributed by atoms with Crippen molar-refractivity contribution < 1.29 is 0 Å². The van der Waals surface area contributed by atoms with Gasteiger partial charge < -0.3 is 5.32 Å². The van der Waals surface area contributed by atoms with Gasteiger partial charge in [-0.1, -0.05) is 42.8 Å². The van der Waals surface area contributed by atoms with Crippen LogP contribution in [0, 0.1) is 0 Å². The molecule has 2 aromatic carbocycles. The van der Waals surface area contributed by atoms with Gasteiger partial charge in [-0.2, -0.15) is 0 Å². The third kappa shape index (κ3) is 4.91. The summed E-state index contributed by atoms with van der Waals surface area (Å²) in [5.74, 6) is 0.836. The van der Waals surface area contributed by atoms with Crippen LogP contribution in [0.1, 0.15) is 18.2 Å². The van der Waals surface area contributed by atoms with Crippen molar-refractivity contribution in [2.75, 3.05) is 5.32 Å². The minimum Gasteiger partial charge on any atom is -0.340 e. The zero-order chi connectivity index (χ0) is 17.5. The van der Waals surface area contributed by atoms with Crippen LogP contribution in [0.15, 0.2) is 71.7 Å². The summed E-state index contributed by atoms with van der Waals surface area (Å²) in [7, 11) is 0. The Labute approximate surface area is 153 Å². The molecule has 0 saturated heterocycles. The van der Waals surface area contributed by atoms with Gasteiger partial charge in [-0.3, -0.25) is 4.99 Å². The maximum atomic E-state index is 5.92. The summed E-state index contributed by atoms with van der Waals surface area (Å²) in [5.41, 5.74) is 4.22. The Hall–Kier alpha value is -2.65. The van der Waals surface area contributed by atoms with E-state index in [1.54, 1.807) is 0 Å². The fourth-order valence-corrected chi connectivity index (χ4v) is 2.66. The smallest absolute Gasteiger partial charge is 0.130 e. The van der Waals surface area contributed by atoms with E-state index in [0.717, 1.165) is 40.8 Å². The zero-order valence-electron chi connectivity index (χ0n) is 14.1. The van der Waals surface area contributed by atoms with Crippen molar-refractivity contribution in [2.45, 2.75) is 19.8 Å². The van der Waals surface area contributed by atoms with Crippen molar-refractivity contribution >= 4 is 35.0 Å². The summed E-state index contributed by atoms with van der Waals surface area (Å²) in [6, 6.07) is 21.7. The fourth-order valence-electron chi connectivity index (χ4n) is 2.54. The molecular formula is C21H20ClN3. The number of nitrogens with zero attached hydrogens (tertiary/aromatic N) is 2. The summed E-state index contributed by atoms with van der Waals surface area (Å²) < 4.78 is 0. The van der Waals surface area contributed by atoms with Crippen LogP contribution in [0.4, 0.5) is 17.2 Å². The topological polar surface area (TPSA) is 37.3 Å². The van der Waals surface area contributed by atoms with Gasteiger partial charge in [0.2, 0.25) is 0 Å². The standard InChI is InChI=1S/C21H20ClN3/c1-2-20-16(14-15-23-18-6-4-3-5-7-18)8-13-21(25-20)24-19-11-9-17(22)10-12-19/h3-13,15H,2,14H2,1H3,(H,24,25). The first-order valence-corrected chi connectivity index (χ1v) is 8.71. The van der Waals surface area contributed by atoms with Gasteiger partial charge in [0.15, 0.2) is 0 Å².